The van der Waals surface area contributed by atoms with Crippen molar-refractivity contribution in [1.82, 2.24) is 5.32 Å². The SMILES string of the molecule is CCNCC(OCc1ccc(Br)cc1)c1cccc(Br)c1. The van der Waals surface area contributed by atoms with Crippen molar-refractivity contribution in [2.75, 3.05) is 13.1 Å². The Morgan fingerprint density at radius 2 is 1.81 bits per heavy atom. The van der Waals surface area contributed by atoms with Gasteiger partial charge in [0.05, 0.1) is 12.7 Å². The minimum atomic E-state index is 0.0473. The fourth-order valence-electron chi connectivity index (χ4n) is 2.03. The van der Waals surface area contributed by atoms with Gasteiger partial charge in [-0.3, -0.25) is 0 Å². The lowest BCUT2D eigenvalue weighted by atomic mass is 10.1. The number of rotatable bonds is 7. The second kappa shape index (κ2) is 8.69. The van der Waals surface area contributed by atoms with Crippen LogP contribution >= 0.6 is 31.9 Å². The molecular formula is C17H19Br2NO. The van der Waals surface area contributed by atoms with Crippen molar-refractivity contribution >= 4 is 31.9 Å². The lowest BCUT2D eigenvalue weighted by Gasteiger charge is -2.19. The van der Waals surface area contributed by atoms with Crippen LogP contribution in [0.5, 0.6) is 0 Å². The molecule has 0 saturated heterocycles. The molecule has 0 aliphatic carbocycles. The molecule has 0 saturated carbocycles. The summed E-state index contributed by atoms with van der Waals surface area (Å²) in [6.07, 6.45) is 0.0473. The summed E-state index contributed by atoms with van der Waals surface area (Å²) in [6, 6.07) is 16.5. The van der Waals surface area contributed by atoms with Gasteiger partial charge in [-0.1, -0.05) is 63.0 Å². The Hall–Kier alpha value is -0.680. The number of hydrogen-bond donors (Lipinski definition) is 1. The number of halogens is 2. The zero-order valence-corrected chi connectivity index (χ0v) is 15.2. The van der Waals surface area contributed by atoms with E-state index in [0.717, 1.165) is 22.0 Å². The molecule has 1 unspecified atom stereocenters. The summed E-state index contributed by atoms with van der Waals surface area (Å²) in [5, 5.41) is 3.36. The molecule has 2 aromatic carbocycles. The molecule has 2 aromatic rings. The van der Waals surface area contributed by atoms with Gasteiger partial charge >= 0.3 is 0 Å². The maximum absolute atomic E-state index is 6.11. The van der Waals surface area contributed by atoms with Crippen LogP contribution in [0.3, 0.4) is 0 Å². The van der Waals surface area contributed by atoms with Crippen LogP contribution in [0.1, 0.15) is 24.2 Å². The third-order valence-electron chi connectivity index (χ3n) is 3.16. The van der Waals surface area contributed by atoms with Crippen molar-refractivity contribution in [3.63, 3.8) is 0 Å². The van der Waals surface area contributed by atoms with Crippen LogP contribution in [0.4, 0.5) is 0 Å². The van der Waals surface area contributed by atoms with E-state index in [0.29, 0.717) is 6.61 Å². The molecule has 0 amide bonds. The van der Waals surface area contributed by atoms with Crippen LogP contribution < -0.4 is 5.32 Å². The Balaban J connectivity index is 2.04. The molecule has 4 heteroatoms. The normalized spacial score (nSPS) is 12.3. The Morgan fingerprint density at radius 1 is 1.05 bits per heavy atom. The number of benzene rings is 2. The van der Waals surface area contributed by atoms with Crippen LogP contribution in [0.15, 0.2) is 57.5 Å². The Bertz CT molecular complexity index is 557. The molecule has 1 atom stereocenters. The highest BCUT2D eigenvalue weighted by Crippen LogP contribution is 2.22. The largest absolute Gasteiger partial charge is 0.368 e. The van der Waals surface area contributed by atoms with Gasteiger partial charge in [0.1, 0.15) is 0 Å². The predicted octanol–water partition coefficient (Wildman–Crippen LogP) is 5.08. The van der Waals surface area contributed by atoms with E-state index in [2.05, 4.69) is 68.4 Å². The standard InChI is InChI=1S/C17H19Br2NO/c1-2-20-11-17(14-4-3-5-16(19)10-14)21-12-13-6-8-15(18)9-7-13/h3-10,17,20H,2,11-12H2,1H3. The third kappa shape index (κ3) is 5.55. The first-order valence-corrected chi connectivity index (χ1v) is 8.60. The highest BCUT2D eigenvalue weighted by molar-refractivity contribution is 9.10. The van der Waals surface area contributed by atoms with Crippen molar-refractivity contribution in [2.45, 2.75) is 19.6 Å². The third-order valence-corrected chi connectivity index (χ3v) is 4.19. The van der Waals surface area contributed by atoms with E-state index >= 15 is 0 Å². The maximum atomic E-state index is 6.11. The van der Waals surface area contributed by atoms with E-state index in [-0.39, 0.29) is 6.10 Å². The first-order valence-electron chi connectivity index (χ1n) is 7.01. The quantitative estimate of drug-likeness (QED) is 0.684. The first kappa shape index (κ1) is 16.7. The summed E-state index contributed by atoms with van der Waals surface area (Å²) in [4.78, 5) is 0. The van der Waals surface area contributed by atoms with Gasteiger partial charge in [0.25, 0.3) is 0 Å². The molecule has 1 N–H and O–H groups in total. The fraction of sp³-hybridized carbons (Fsp3) is 0.294. The molecule has 0 bridgehead atoms. The molecule has 0 aliphatic rings. The topological polar surface area (TPSA) is 21.3 Å². The maximum Gasteiger partial charge on any atom is 0.0954 e. The van der Waals surface area contributed by atoms with Gasteiger partial charge in [-0.05, 0) is 41.9 Å². The number of likely N-dealkylation sites (N-methyl/N-ethyl adjacent to an activating group) is 1. The molecule has 21 heavy (non-hydrogen) atoms. The van der Waals surface area contributed by atoms with E-state index in [9.17, 15) is 0 Å². The number of ether oxygens (including phenoxy) is 1. The molecule has 0 spiro atoms. The van der Waals surface area contributed by atoms with Crippen molar-refractivity contribution < 1.29 is 4.74 Å². The molecule has 112 valence electrons. The average Bonchev–Trinajstić information content (AvgIpc) is 2.49. The smallest absolute Gasteiger partial charge is 0.0954 e. The molecule has 2 nitrogen and oxygen atoms in total. The summed E-state index contributed by atoms with van der Waals surface area (Å²) >= 11 is 6.97. The van der Waals surface area contributed by atoms with Crippen LogP contribution in [-0.4, -0.2) is 13.1 Å². The lowest BCUT2D eigenvalue weighted by Crippen LogP contribution is -2.23. The Morgan fingerprint density at radius 3 is 2.48 bits per heavy atom. The molecule has 0 fully saturated rings. The summed E-state index contributed by atoms with van der Waals surface area (Å²) in [6.45, 7) is 4.46. The summed E-state index contributed by atoms with van der Waals surface area (Å²) in [7, 11) is 0. The lowest BCUT2D eigenvalue weighted by molar-refractivity contribution is 0.0401. The number of nitrogens with one attached hydrogen (secondary N) is 1. The Labute approximate surface area is 143 Å². The van der Waals surface area contributed by atoms with Crippen LogP contribution in [0.2, 0.25) is 0 Å². The van der Waals surface area contributed by atoms with Crippen LogP contribution in [0.25, 0.3) is 0 Å². The number of hydrogen-bond acceptors (Lipinski definition) is 2. The summed E-state index contributed by atoms with van der Waals surface area (Å²) < 4.78 is 8.28. The summed E-state index contributed by atoms with van der Waals surface area (Å²) in [5.41, 5.74) is 2.36. The van der Waals surface area contributed by atoms with E-state index in [1.54, 1.807) is 0 Å². The Kier molecular flexibility index (Phi) is 6.90. The van der Waals surface area contributed by atoms with E-state index in [1.165, 1.54) is 11.1 Å². The van der Waals surface area contributed by atoms with Crippen molar-refractivity contribution in [3.8, 4) is 0 Å². The van der Waals surface area contributed by atoms with Gasteiger partial charge in [0.15, 0.2) is 0 Å². The van der Waals surface area contributed by atoms with Gasteiger partial charge in [-0.25, -0.2) is 0 Å². The minimum absolute atomic E-state index is 0.0473. The second-order valence-corrected chi connectivity index (χ2v) is 6.62. The molecule has 0 radical (unpaired) electrons. The molecule has 0 aromatic heterocycles. The van der Waals surface area contributed by atoms with Crippen LogP contribution in [0, 0.1) is 0 Å². The van der Waals surface area contributed by atoms with Gasteiger partial charge in [0.2, 0.25) is 0 Å². The molecular weight excluding hydrogens is 394 g/mol. The van der Waals surface area contributed by atoms with Crippen LogP contribution in [-0.2, 0) is 11.3 Å². The zero-order chi connectivity index (χ0) is 15.1. The predicted molar refractivity (Wildman–Crippen MR) is 94.4 cm³/mol. The van der Waals surface area contributed by atoms with Crippen molar-refractivity contribution in [2.24, 2.45) is 0 Å². The van der Waals surface area contributed by atoms with E-state index < -0.39 is 0 Å². The van der Waals surface area contributed by atoms with Gasteiger partial charge in [-0.15, -0.1) is 0 Å². The molecule has 0 heterocycles. The van der Waals surface area contributed by atoms with Gasteiger partial charge in [-0.2, -0.15) is 0 Å². The second-order valence-electron chi connectivity index (χ2n) is 4.79. The molecule has 2 rings (SSSR count). The average molecular weight is 413 g/mol. The van der Waals surface area contributed by atoms with E-state index in [1.807, 2.05) is 24.3 Å². The zero-order valence-electron chi connectivity index (χ0n) is 12.0. The molecule has 0 aliphatic heterocycles. The van der Waals surface area contributed by atoms with Crippen molar-refractivity contribution in [3.05, 3.63) is 68.6 Å². The highest BCUT2D eigenvalue weighted by atomic mass is 79.9. The van der Waals surface area contributed by atoms with E-state index in [4.69, 9.17) is 4.74 Å². The van der Waals surface area contributed by atoms with Gasteiger partial charge in [0, 0.05) is 15.5 Å². The fourth-order valence-corrected chi connectivity index (χ4v) is 2.71. The minimum Gasteiger partial charge on any atom is -0.368 e. The van der Waals surface area contributed by atoms with Crippen molar-refractivity contribution in [1.29, 1.82) is 0 Å². The van der Waals surface area contributed by atoms with Gasteiger partial charge < -0.3 is 10.1 Å². The monoisotopic (exact) mass is 411 g/mol. The first-order chi connectivity index (χ1) is 10.2. The summed E-state index contributed by atoms with van der Waals surface area (Å²) in [5.74, 6) is 0. The highest BCUT2D eigenvalue weighted by Gasteiger charge is 2.12.